The van der Waals surface area contributed by atoms with Gasteiger partial charge < -0.3 is 19.4 Å². The summed E-state index contributed by atoms with van der Waals surface area (Å²) < 4.78 is 12.2. The fourth-order valence-corrected chi connectivity index (χ4v) is 3.98. The maximum absolute atomic E-state index is 13.1. The molecular weight excluding hydrogens is 472 g/mol. The molecule has 0 aliphatic heterocycles. The van der Waals surface area contributed by atoms with Crippen LogP contribution < -0.4 is 15.6 Å². The third kappa shape index (κ3) is 5.91. The summed E-state index contributed by atoms with van der Waals surface area (Å²) in [4.78, 5) is 29.6. The Labute approximate surface area is 213 Å². The van der Waals surface area contributed by atoms with Crippen molar-refractivity contribution in [2.24, 2.45) is 0 Å². The molecule has 3 heterocycles. The van der Waals surface area contributed by atoms with Gasteiger partial charge in [0.05, 0.1) is 61.0 Å². The van der Waals surface area contributed by atoms with E-state index in [-0.39, 0.29) is 30.5 Å². The molecule has 1 aromatic carbocycles. The van der Waals surface area contributed by atoms with Crippen LogP contribution in [0.4, 0.5) is 0 Å². The molecule has 0 aliphatic rings. The third-order valence-electron chi connectivity index (χ3n) is 5.95. The van der Waals surface area contributed by atoms with E-state index in [9.17, 15) is 14.9 Å². The van der Waals surface area contributed by atoms with Gasteiger partial charge in [-0.25, -0.2) is 0 Å². The maximum atomic E-state index is 13.1. The molecule has 0 saturated heterocycles. The summed E-state index contributed by atoms with van der Waals surface area (Å²) in [6.07, 6.45) is 4.89. The monoisotopic (exact) mass is 498 g/mol. The first kappa shape index (κ1) is 25.3. The van der Waals surface area contributed by atoms with Gasteiger partial charge in [-0.1, -0.05) is 12.1 Å². The second-order valence-electron chi connectivity index (χ2n) is 8.27. The topological polar surface area (TPSA) is 135 Å². The van der Waals surface area contributed by atoms with Crippen molar-refractivity contribution in [2.45, 2.75) is 19.0 Å². The Kier molecular flexibility index (Phi) is 8.08. The van der Waals surface area contributed by atoms with Crippen LogP contribution in [0.2, 0.25) is 0 Å². The number of nitrogens with zero attached hydrogens (tertiary/aromatic N) is 4. The average Bonchev–Trinajstić information content (AvgIpc) is 3.42. The number of rotatable bonds is 10. The Balaban J connectivity index is 1.53. The molecule has 4 rings (SSSR count). The summed E-state index contributed by atoms with van der Waals surface area (Å²) >= 11 is 0. The van der Waals surface area contributed by atoms with E-state index in [1.54, 1.807) is 61.5 Å². The number of ether oxygens (including phenoxy) is 2. The fourth-order valence-electron chi connectivity index (χ4n) is 3.98. The van der Waals surface area contributed by atoms with E-state index in [4.69, 9.17) is 9.47 Å². The highest BCUT2D eigenvalue weighted by atomic mass is 16.5. The van der Waals surface area contributed by atoms with Crippen molar-refractivity contribution in [1.29, 1.82) is 5.26 Å². The summed E-state index contributed by atoms with van der Waals surface area (Å²) in [5.74, 6) is -0.0779. The zero-order chi connectivity index (χ0) is 26.2. The van der Waals surface area contributed by atoms with Crippen LogP contribution in [0, 0.1) is 11.3 Å². The molecule has 0 spiro atoms. The molecule has 0 bridgehead atoms. The lowest BCUT2D eigenvalue weighted by molar-refractivity contribution is 0.0949. The van der Waals surface area contributed by atoms with Crippen LogP contribution >= 0.6 is 0 Å². The van der Waals surface area contributed by atoms with Gasteiger partial charge in [-0.3, -0.25) is 19.7 Å². The van der Waals surface area contributed by atoms with Crippen LogP contribution in [0.3, 0.4) is 0 Å². The van der Waals surface area contributed by atoms with E-state index in [0.717, 1.165) is 11.3 Å². The Morgan fingerprint density at radius 1 is 1.19 bits per heavy atom. The number of aromatic nitrogens is 4. The van der Waals surface area contributed by atoms with E-state index in [0.29, 0.717) is 34.7 Å². The predicted octanol–water partition coefficient (Wildman–Crippen LogP) is 2.60. The second kappa shape index (κ2) is 11.8. The lowest BCUT2D eigenvalue weighted by atomic mass is 9.95. The largest absolute Gasteiger partial charge is 0.497 e. The molecule has 3 aromatic heterocycles. The molecule has 1 atom stereocenters. The number of amides is 1. The van der Waals surface area contributed by atoms with Crippen molar-refractivity contribution in [3.05, 3.63) is 111 Å². The van der Waals surface area contributed by atoms with Crippen LogP contribution in [0.15, 0.2) is 71.9 Å². The molecule has 0 saturated carbocycles. The summed E-state index contributed by atoms with van der Waals surface area (Å²) in [5, 5.41) is 19.3. The zero-order valence-corrected chi connectivity index (χ0v) is 20.5. The molecule has 0 radical (unpaired) electrons. The molecule has 37 heavy (non-hydrogen) atoms. The minimum atomic E-state index is -0.343. The number of methoxy groups -OCH3 is 2. The van der Waals surface area contributed by atoms with Crippen molar-refractivity contribution >= 4 is 5.91 Å². The number of aromatic amines is 1. The Morgan fingerprint density at radius 3 is 2.76 bits per heavy atom. The molecule has 2 N–H and O–H groups in total. The number of nitrogens with one attached hydrogen (secondary N) is 2. The van der Waals surface area contributed by atoms with Crippen molar-refractivity contribution < 1.29 is 14.3 Å². The highest BCUT2D eigenvalue weighted by Crippen LogP contribution is 2.26. The smallest absolute Gasteiger partial charge is 0.255 e. The standard InChI is InChI=1S/C27H26N6O4/c1-36-17-24(19-6-8-21(29-13-19)16-33-10-4-3-5-25(33)34)26-23(15-31-32-26)27(35)30-14-20-11-22(37-2)9-7-18(20)12-28/h3-11,13,15,24H,14,16-17H2,1-2H3,(H,30,35)(H,31,32). The number of hydrogen-bond acceptors (Lipinski definition) is 7. The normalized spacial score (nSPS) is 11.5. The number of H-pyrrole nitrogens is 1. The summed E-state index contributed by atoms with van der Waals surface area (Å²) in [7, 11) is 3.12. The third-order valence-corrected chi connectivity index (χ3v) is 5.95. The maximum Gasteiger partial charge on any atom is 0.255 e. The molecule has 1 unspecified atom stereocenters. The Bertz CT molecular complexity index is 1470. The molecular formula is C27H26N6O4. The lowest BCUT2D eigenvalue weighted by Crippen LogP contribution is -2.25. The van der Waals surface area contributed by atoms with E-state index in [2.05, 4.69) is 26.6 Å². The number of carbonyl (C=O) groups is 1. The Morgan fingerprint density at radius 2 is 2.05 bits per heavy atom. The molecule has 10 heteroatoms. The number of carbonyl (C=O) groups excluding carboxylic acids is 1. The lowest BCUT2D eigenvalue weighted by Gasteiger charge is -2.17. The SMILES string of the molecule is COCC(c1ccc(Cn2ccccc2=O)nc1)c1[nH]ncc1C(=O)NCc1cc(OC)ccc1C#N. The first-order chi connectivity index (χ1) is 18.0. The highest BCUT2D eigenvalue weighted by Gasteiger charge is 2.24. The summed E-state index contributed by atoms with van der Waals surface area (Å²) in [5.41, 5.74) is 3.49. The first-order valence-corrected chi connectivity index (χ1v) is 11.5. The van der Waals surface area contributed by atoms with Crippen LogP contribution in [0.5, 0.6) is 5.75 Å². The van der Waals surface area contributed by atoms with E-state index in [1.807, 2.05) is 12.1 Å². The fraction of sp³-hybridized carbons (Fsp3) is 0.222. The van der Waals surface area contributed by atoms with Gasteiger partial charge in [0, 0.05) is 32.1 Å². The van der Waals surface area contributed by atoms with Gasteiger partial charge in [0.15, 0.2) is 0 Å². The van der Waals surface area contributed by atoms with E-state index < -0.39 is 0 Å². The number of benzene rings is 1. The molecule has 0 aliphatic carbocycles. The number of hydrogen-bond donors (Lipinski definition) is 2. The first-order valence-electron chi connectivity index (χ1n) is 11.5. The predicted molar refractivity (Wildman–Crippen MR) is 135 cm³/mol. The van der Waals surface area contributed by atoms with Crippen molar-refractivity contribution in [3.63, 3.8) is 0 Å². The van der Waals surface area contributed by atoms with Crippen LogP contribution in [0.25, 0.3) is 0 Å². The van der Waals surface area contributed by atoms with Gasteiger partial charge in [0.2, 0.25) is 0 Å². The van der Waals surface area contributed by atoms with Crippen LogP contribution in [-0.4, -0.2) is 46.5 Å². The van der Waals surface area contributed by atoms with Crippen molar-refractivity contribution in [2.75, 3.05) is 20.8 Å². The number of pyridine rings is 2. The Hall–Kier alpha value is -4.75. The van der Waals surface area contributed by atoms with Crippen molar-refractivity contribution in [3.8, 4) is 11.8 Å². The average molecular weight is 499 g/mol. The van der Waals surface area contributed by atoms with Gasteiger partial charge >= 0.3 is 0 Å². The van der Waals surface area contributed by atoms with Crippen LogP contribution in [0.1, 0.15) is 44.4 Å². The molecule has 1 amide bonds. The second-order valence-corrected chi connectivity index (χ2v) is 8.27. The van der Waals surface area contributed by atoms with Crippen LogP contribution in [-0.2, 0) is 17.8 Å². The van der Waals surface area contributed by atoms with Crippen molar-refractivity contribution in [1.82, 2.24) is 25.1 Å². The summed E-state index contributed by atoms with van der Waals surface area (Å²) in [6, 6.07) is 15.9. The zero-order valence-electron chi connectivity index (χ0n) is 20.5. The molecule has 4 aromatic rings. The molecule has 0 fully saturated rings. The van der Waals surface area contributed by atoms with E-state index >= 15 is 0 Å². The highest BCUT2D eigenvalue weighted by molar-refractivity contribution is 5.95. The quantitative estimate of drug-likeness (QED) is 0.343. The molecule has 188 valence electrons. The van der Waals surface area contributed by atoms with Gasteiger partial charge in [-0.05, 0) is 41.5 Å². The van der Waals surface area contributed by atoms with Gasteiger partial charge in [-0.2, -0.15) is 10.4 Å². The van der Waals surface area contributed by atoms with Gasteiger partial charge in [0.1, 0.15) is 5.75 Å². The summed E-state index contributed by atoms with van der Waals surface area (Å²) in [6.45, 7) is 0.783. The van der Waals surface area contributed by atoms with Gasteiger partial charge in [0.25, 0.3) is 11.5 Å². The van der Waals surface area contributed by atoms with Gasteiger partial charge in [-0.15, -0.1) is 0 Å². The number of nitriles is 1. The minimum absolute atomic E-state index is 0.102. The van der Waals surface area contributed by atoms with E-state index in [1.165, 1.54) is 12.3 Å². The minimum Gasteiger partial charge on any atom is -0.497 e. The molecule has 10 nitrogen and oxygen atoms in total.